The van der Waals surface area contributed by atoms with Crippen LogP contribution in [0.1, 0.15) is 17.8 Å². The monoisotopic (exact) mass is 227 g/mol. The summed E-state index contributed by atoms with van der Waals surface area (Å²) in [6.45, 7) is 5.53. The predicted octanol–water partition coefficient (Wildman–Crippen LogP) is 0.936. The molecule has 0 saturated heterocycles. The first-order chi connectivity index (χ1) is 7.13. The highest BCUT2D eigenvalue weighted by Gasteiger charge is 2.00. The SMILES string of the molecule is Cc1cc(C)n(CCCNC(=O)CS)n1. The van der Waals surface area contributed by atoms with Gasteiger partial charge in [0.25, 0.3) is 0 Å². The van der Waals surface area contributed by atoms with Crippen LogP contribution in [0.25, 0.3) is 0 Å². The van der Waals surface area contributed by atoms with Gasteiger partial charge in [-0.05, 0) is 26.3 Å². The topological polar surface area (TPSA) is 46.9 Å². The Morgan fingerprint density at radius 1 is 1.60 bits per heavy atom. The van der Waals surface area contributed by atoms with E-state index in [9.17, 15) is 4.79 Å². The van der Waals surface area contributed by atoms with Gasteiger partial charge in [-0.15, -0.1) is 0 Å². The smallest absolute Gasteiger partial charge is 0.229 e. The number of amides is 1. The molecule has 4 nitrogen and oxygen atoms in total. The summed E-state index contributed by atoms with van der Waals surface area (Å²) < 4.78 is 1.96. The number of nitrogens with one attached hydrogen (secondary N) is 1. The summed E-state index contributed by atoms with van der Waals surface area (Å²) in [5.41, 5.74) is 2.19. The summed E-state index contributed by atoms with van der Waals surface area (Å²) >= 11 is 3.88. The van der Waals surface area contributed by atoms with Crippen molar-refractivity contribution < 1.29 is 4.79 Å². The Labute approximate surface area is 95.5 Å². The minimum atomic E-state index is -0.0216. The van der Waals surface area contributed by atoms with Gasteiger partial charge in [-0.3, -0.25) is 9.48 Å². The van der Waals surface area contributed by atoms with Gasteiger partial charge in [-0.2, -0.15) is 17.7 Å². The maximum absolute atomic E-state index is 10.9. The summed E-state index contributed by atoms with van der Waals surface area (Å²) in [6.07, 6.45) is 0.890. The molecule has 1 aromatic heterocycles. The first-order valence-corrected chi connectivity index (χ1v) is 5.65. The Balaban J connectivity index is 2.26. The van der Waals surface area contributed by atoms with E-state index < -0.39 is 0 Å². The third-order valence-corrected chi connectivity index (χ3v) is 2.40. The van der Waals surface area contributed by atoms with Crippen molar-refractivity contribution in [2.24, 2.45) is 0 Å². The van der Waals surface area contributed by atoms with E-state index in [-0.39, 0.29) is 11.7 Å². The molecule has 0 spiro atoms. The third-order valence-electron chi connectivity index (χ3n) is 2.12. The molecule has 0 fully saturated rings. The number of aryl methyl sites for hydroxylation is 3. The molecular weight excluding hydrogens is 210 g/mol. The Bertz CT molecular complexity index is 335. The molecule has 0 radical (unpaired) electrons. The zero-order valence-corrected chi connectivity index (χ0v) is 10.1. The van der Waals surface area contributed by atoms with Crippen molar-refractivity contribution in [3.8, 4) is 0 Å². The van der Waals surface area contributed by atoms with Crippen molar-refractivity contribution in [2.75, 3.05) is 12.3 Å². The molecule has 0 aliphatic rings. The van der Waals surface area contributed by atoms with Crippen LogP contribution in [0, 0.1) is 13.8 Å². The molecule has 1 aromatic rings. The average molecular weight is 227 g/mol. The highest BCUT2D eigenvalue weighted by Crippen LogP contribution is 2.01. The van der Waals surface area contributed by atoms with E-state index in [4.69, 9.17) is 0 Å². The van der Waals surface area contributed by atoms with Gasteiger partial charge in [0.05, 0.1) is 11.4 Å². The molecule has 0 unspecified atom stereocenters. The lowest BCUT2D eigenvalue weighted by atomic mass is 10.4. The zero-order valence-electron chi connectivity index (χ0n) is 9.16. The molecule has 15 heavy (non-hydrogen) atoms. The lowest BCUT2D eigenvalue weighted by molar-refractivity contribution is -0.118. The molecule has 5 heteroatoms. The van der Waals surface area contributed by atoms with Crippen LogP contribution in [0.15, 0.2) is 6.07 Å². The van der Waals surface area contributed by atoms with E-state index in [2.05, 4.69) is 23.0 Å². The number of aromatic nitrogens is 2. The maximum atomic E-state index is 10.9. The summed E-state index contributed by atoms with van der Waals surface area (Å²) in [4.78, 5) is 10.9. The second-order valence-corrected chi connectivity index (χ2v) is 3.83. The third kappa shape index (κ3) is 3.95. The zero-order chi connectivity index (χ0) is 11.3. The number of nitrogens with zero attached hydrogens (tertiary/aromatic N) is 2. The van der Waals surface area contributed by atoms with Gasteiger partial charge in [0, 0.05) is 18.8 Å². The van der Waals surface area contributed by atoms with Gasteiger partial charge in [0.15, 0.2) is 0 Å². The molecule has 0 aliphatic heterocycles. The normalized spacial score (nSPS) is 10.3. The molecule has 1 amide bonds. The Morgan fingerprint density at radius 3 is 2.87 bits per heavy atom. The second-order valence-electron chi connectivity index (χ2n) is 3.51. The van der Waals surface area contributed by atoms with Gasteiger partial charge in [-0.25, -0.2) is 0 Å². The van der Waals surface area contributed by atoms with E-state index in [1.54, 1.807) is 0 Å². The summed E-state index contributed by atoms with van der Waals surface area (Å²) in [7, 11) is 0. The van der Waals surface area contributed by atoms with Crippen LogP contribution < -0.4 is 5.32 Å². The first-order valence-electron chi connectivity index (χ1n) is 5.02. The Kier molecular flexibility index (Phi) is 4.68. The first kappa shape index (κ1) is 12.1. The number of rotatable bonds is 5. The molecule has 0 atom stereocenters. The molecular formula is C10H17N3OS. The van der Waals surface area contributed by atoms with Crippen LogP contribution in [0.2, 0.25) is 0 Å². The Hall–Kier alpha value is -0.970. The van der Waals surface area contributed by atoms with Crippen molar-refractivity contribution >= 4 is 18.5 Å². The number of carbonyl (C=O) groups is 1. The molecule has 0 aromatic carbocycles. The second kappa shape index (κ2) is 5.80. The number of hydrogen-bond donors (Lipinski definition) is 2. The number of carbonyl (C=O) groups excluding carboxylic acids is 1. The van der Waals surface area contributed by atoms with Crippen LogP contribution in [-0.2, 0) is 11.3 Å². The molecule has 1 heterocycles. The van der Waals surface area contributed by atoms with Crippen molar-refractivity contribution in [1.82, 2.24) is 15.1 Å². The van der Waals surface area contributed by atoms with Crippen LogP contribution in [-0.4, -0.2) is 28.0 Å². The van der Waals surface area contributed by atoms with Crippen LogP contribution in [0.5, 0.6) is 0 Å². The highest BCUT2D eigenvalue weighted by molar-refractivity contribution is 7.81. The predicted molar refractivity (Wildman–Crippen MR) is 63.2 cm³/mol. The fourth-order valence-corrected chi connectivity index (χ4v) is 1.53. The van der Waals surface area contributed by atoms with E-state index in [0.29, 0.717) is 6.54 Å². The lowest BCUT2D eigenvalue weighted by Gasteiger charge is -2.05. The maximum Gasteiger partial charge on any atom is 0.229 e. The largest absolute Gasteiger partial charge is 0.355 e. The molecule has 0 saturated carbocycles. The van der Waals surface area contributed by atoms with Crippen molar-refractivity contribution in [1.29, 1.82) is 0 Å². The minimum Gasteiger partial charge on any atom is -0.355 e. The fraction of sp³-hybridized carbons (Fsp3) is 0.600. The fourth-order valence-electron chi connectivity index (χ4n) is 1.41. The van der Waals surface area contributed by atoms with Crippen LogP contribution in [0.3, 0.4) is 0 Å². The summed E-state index contributed by atoms with van der Waals surface area (Å²) in [5, 5.41) is 7.11. The number of hydrogen-bond acceptors (Lipinski definition) is 3. The molecule has 1 N–H and O–H groups in total. The van der Waals surface area contributed by atoms with Crippen LogP contribution >= 0.6 is 12.6 Å². The molecule has 84 valence electrons. The number of thiol groups is 1. The molecule has 1 rings (SSSR count). The van der Waals surface area contributed by atoms with E-state index >= 15 is 0 Å². The van der Waals surface area contributed by atoms with Gasteiger partial charge < -0.3 is 5.32 Å². The minimum absolute atomic E-state index is 0.0216. The van der Waals surface area contributed by atoms with E-state index in [1.807, 2.05) is 24.6 Å². The van der Waals surface area contributed by atoms with Gasteiger partial charge in [-0.1, -0.05) is 0 Å². The van der Waals surface area contributed by atoms with Gasteiger partial charge >= 0.3 is 0 Å². The van der Waals surface area contributed by atoms with E-state index in [1.165, 1.54) is 0 Å². The summed E-state index contributed by atoms with van der Waals surface area (Å²) in [5.74, 6) is 0.228. The van der Waals surface area contributed by atoms with Gasteiger partial charge in [0.1, 0.15) is 0 Å². The van der Waals surface area contributed by atoms with E-state index in [0.717, 1.165) is 24.4 Å². The van der Waals surface area contributed by atoms with Gasteiger partial charge in [0.2, 0.25) is 5.91 Å². The van der Waals surface area contributed by atoms with Crippen molar-refractivity contribution in [3.05, 3.63) is 17.5 Å². The average Bonchev–Trinajstić information content (AvgIpc) is 2.52. The van der Waals surface area contributed by atoms with Crippen LogP contribution in [0.4, 0.5) is 0 Å². The quantitative estimate of drug-likeness (QED) is 0.581. The molecule has 0 bridgehead atoms. The van der Waals surface area contributed by atoms with Crippen molar-refractivity contribution in [2.45, 2.75) is 26.8 Å². The lowest BCUT2D eigenvalue weighted by Crippen LogP contribution is -2.26. The highest BCUT2D eigenvalue weighted by atomic mass is 32.1. The Morgan fingerprint density at radius 2 is 2.33 bits per heavy atom. The molecule has 0 aliphatic carbocycles. The standard InChI is InChI=1S/C10H17N3OS/c1-8-6-9(2)13(12-8)5-3-4-11-10(14)7-15/h6,15H,3-5,7H2,1-2H3,(H,11,14). The van der Waals surface area contributed by atoms with Crippen molar-refractivity contribution in [3.63, 3.8) is 0 Å². The summed E-state index contributed by atoms with van der Waals surface area (Å²) in [6, 6.07) is 2.05.